The Kier molecular flexibility index (Phi) is 2.73. The molecule has 2 aromatic heterocycles. The van der Waals surface area contributed by atoms with Crippen molar-refractivity contribution >= 4 is 22.9 Å². The van der Waals surface area contributed by atoms with Crippen LogP contribution in [0.5, 0.6) is 0 Å². The second kappa shape index (κ2) is 4.30. The highest BCUT2D eigenvalue weighted by molar-refractivity contribution is 5.83. The van der Waals surface area contributed by atoms with E-state index in [1.165, 1.54) is 6.33 Å². The third-order valence-electron chi connectivity index (χ3n) is 3.20. The number of fused-ring (bicyclic) bond motifs is 1. The van der Waals surface area contributed by atoms with Gasteiger partial charge in [0.05, 0.1) is 12.7 Å². The molecule has 19 heavy (non-hydrogen) atoms. The first-order valence-corrected chi connectivity index (χ1v) is 5.80. The van der Waals surface area contributed by atoms with Crippen molar-refractivity contribution in [2.75, 3.05) is 18.1 Å². The van der Waals surface area contributed by atoms with Crippen molar-refractivity contribution in [3.05, 3.63) is 6.33 Å². The van der Waals surface area contributed by atoms with Crippen LogP contribution in [-0.4, -0.2) is 48.5 Å². The molecule has 0 spiro atoms. The number of aliphatic hydroxyl groups is 2. The summed E-state index contributed by atoms with van der Waals surface area (Å²) in [4.78, 5) is 12.0. The van der Waals surface area contributed by atoms with E-state index in [-0.39, 0.29) is 18.4 Å². The number of aliphatic hydroxyl groups excluding tert-OH is 2. The summed E-state index contributed by atoms with van der Waals surface area (Å²) in [6.07, 6.45) is -0.326. The zero-order valence-electron chi connectivity index (χ0n) is 9.97. The lowest BCUT2D eigenvalue weighted by Crippen LogP contribution is -2.24. The number of nitrogen functional groups attached to an aromatic ring is 2. The quantitative estimate of drug-likeness (QED) is 0.521. The minimum absolute atomic E-state index is 0.179. The van der Waals surface area contributed by atoms with Crippen molar-refractivity contribution < 1.29 is 14.9 Å². The zero-order chi connectivity index (χ0) is 13.6. The van der Waals surface area contributed by atoms with Gasteiger partial charge in [0.2, 0.25) is 5.95 Å². The van der Waals surface area contributed by atoms with Gasteiger partial charge in [0.15, 0.2) is 17.0 Å². The maximum Gasteiger partial charge on any atom is 0.204 e. The number of nitrogens with zero attached hydrogens (tertiary/aromatic N) is 4. The average molecular weight is 266 g/mol. The summed E-state index contributed by atoms with van der Waals surface area (Å²) in [5, 5.41) is 18.9. The minimum atomic E-state index is -0.758. The molecule has 1 fully saturated rings. The molecule has 0 radical (unpaired) electrons. The van der Waals surface area contributed by atoms with E-state index in [0.717, 1.165) is 0 Å². The van der Waals surface area contributed by atoms with Crippen LogP contribution in [0.2, 0.25) is 0 Å². The number of hydrogen-bond acceptors (Lipinski definition) is 8. The first-order valence-electron chi connectivity index (χ1n) is 5.80. The van der Waals surface area contributed by atoms with Gasteiger partial charge in [-0.1, -0.05) is 0 Å². The van der Waals surface area contributed by atoms with Gasteiger partial charge in [-0.3, -0.25) is 4.57 Å². The summed E-state index contributed by atoms with van der Waals surface area (Å²) in [5.41, 5.74) is 12.4. The summed E-state index contributed by atoms with van der Waals surface area (Å²) in [5.74, 6) is 0.408. The van der Waals surface area contributed by atoms with Crippen molar-refractivity contribution in [1.82, 2.24) is 19.5 Å². The molecule has 3 rings (SSSR count). The van der Waals surface area contributed by atoms with Gasteiger partial charge < -0.3 is 26.4 Å². The second-order valence-electron chi connectivity index (χ2n) is 4.39. The van der Waals surface area contributed by atoms with E-state index in [2.05, 4.69) is 15.0 Å². The fraction of sp³-hybridized carbons (Fsp3) is 0.500. The van der Waals surface area contributed by atoms with Crippen LogP contribution >= 0.6 is 0 Å². The van der Waals surface area contributed by atoms with Crippen molar-refractivity contribution in [2.45, 2.75) is 24.9 Å². The van der Waals surface area contributed by atoms with Crippen LogP contribution in [0.15, 0.2) is 6.33 Å². The maximum atomic E-state index is 9.76. The topological polar surface area (TPSA) is 145 Å². The van der Waals surface area contributed by atoms with Gasteiger partial charge >= 0.3 is 0 Å². The van der Waals surface area contributed by atoms with Crippen LogP contribution in [0, 0.1) is 0 Å². The van der Waals surface area contributed by atoms with Gasteiger partial charge in [-0.25, -0.2) is 15.0 Å². The molecule has 3 unspecified atom stereocenters. The molecule has 2 aromatic rings. The summed E-state index contributed by atoms with van der Waals surface area (Å²) in [6.45, 7) is -0.263. The van der Waals surface area contributed by atoms with E-state index in [4.69, 9.17) is 21.3 Å². The number of aromatic nitrogens is 4. The lowest BCUT2D eigenvalue weighted by atomic mass is 10.2. The molecule has 0 aromatic carbocycles. The Morgan fingerprint density at radius 3 is 2.89 bits per heavy atom. The fourth-order valence-electron chi connectivity index (χ4n) is 2.26. The van der Waals surface area contributed by atoms with Gasteiger partial charge in [0.1, 0.15) is 18.7 Å². The molecule has 0 amide bonds. The van der Waals surface area contributed by atoms with E-state index in [1.807, 2.05) is 0 Å². The molecule has 1 aliphatic rings. The molecule has 1 saturated heterocycles. The van der Waals surface area contributed by atoms with Crippen LogP contribution < -0.4 is 11.5 Å². The summed E-state index contributed by atoms with van der Waals surface area (Å²) >= 11 is 0. The van der Waals surface area contributed by atoms with Gasteiger partial charge in [-0.15, -0.1) is 0 Å². The van der Waals surface area contributed by atoms with E-state index >= 15 is 0 Å². The van der Waals surface area contributed by atoms with Gasteiger partial charge in [0.25, 0.3) is 0 Å². The van der Waals surface area contributed by atoms with Crippen molar-refractivity contribution in [1.29, 1.82) is 0 Å². The molecule has 0 aliphatic carbocycles. The second-order valence-corrected chi connectivity index (χ2v) is 4.39. The van der Waals surface area contributed by atoms with E-state index in [0.29, 0.717) is 17.6 Å². The van der Waals surface area contributed by atoms with Crippen LogP contribution in [0.4, 0.5) is 11.8 Å². The molecular weight excluding hydrogens is 252 g/mol. The standard InChI is InChI=1S/C10H14N6O3/c11-8-7-9(14-3-13-8)16(10(12)15-7)6-1-4(18)5(2-17)19-6/h3-6,17-18H,1-2H2,(H2,12,15)(H2,11,13,14). The van der Waals surface area contributed by atoms with Crippen molar-refractivity contribution in [3.8, 4) is 0 Å². The van der Waals surface area contributed by atoms with Gasteiger partial charge in [-0.2, -0.15) is 0 Å². The molecule has 1 aliphatic heterocycles. The highest BCUT2D eigenvalue weighted by atomic mass is 16.5. The molecule has 9 nitrogen and oxygen atoms in total. The summed E-state index contributed by atoms with van der Waals surface area (Å²) in [6, 6.07) is 0. The molecular formula is C10H14N6O3. The molecule has 6 N–H and O–H groups in total. The molecule has 0 saturated carbocycles. The monoisotopic (exact) mass is 266 g/mol. The Labute approximate surface area is 107 Å². The SMILES string of the molecule is Nc1ncnc2c1nc(N)n2C1CC(O)C(CO)O1. The highest BCUT2D eigenvalue weighted by Gasteiger charge is 2.36. The minimum Gasteiger partial charge on any atom is -0.394 e. The number of hydrogen-bond donors (Lipinski definition) is 4. The average Bonchev–Trinajstić information content (AvgIpc) is 2.90. The Hall–Kier alpha value is -1.97. The zero-order valence-corrected chi connectivity index (χ0v) is 9.97. The van der Waals surface area contributed by atoms with Crippen molar-refractivity contribution in [3.63, 3.8) is 0 Å². The lowest BCUT2D eigenvalue weighted by Gasteiger charge is -2.14. The van der Waals surface area contributed by atoms with E-state index < -0.39 is 18.4 Å². The molecule has 3 heterocycles. The number of ether oxygens (including phenoxy) is 1. The largest absolute Gasteiger partial charge is 0.394 e. The molecule has 9 heteroatoms. The maximum absolute atomic E-state index is 9.76. The fourth-order valence-corrected chi connectivity index (χ4v) is 2.26. The van der Waals surface area contributed by atoms with Crippen LogP contribution in [0.1, 0.15) is 12.6 Å². The highest BCUT2D eigenvalue weighted by Crippen LogP contribution is 2.33. The number of anilines is 2. The van der Waals surface area contributed by atoms with E-state index in [9.17, 15) is 5.11 Å². The number of imidazole rings is 1. The molecule has 3 atom stereocenters. The van der Waals surface area contributed by atoms with Crippen molar-refractivity contribution in [2.24, 2.45) is 0 Å². The summed E-state index contributed by atoms with van der Waals surface area (Å²) in [7, 11) is 0. The normalized spacial score (nSPS) is 27.2. The summed E-state index contributed by atoms with van der Waals surface area (Å²) < 4.78 is 7.09. The number of nitrogens with two attached hydrogens (primary N) is 2. The van der Waals surface area contributed by atoms with E-state index in [1.54, 1.807) is 4.57 Å². The third-order valence-corrected chi connectivity index (χ3v) is 3.20. The lowest BCUT2D eigenvalue weighted by molar-refractivity contribution is -0.0425. The third kappa shape index (κ3) is 1.79. The number of rotatable bonds is 2. The predicted octanol–water partition coefficient (Wildman–Crippen LogP) is -1.37. The Morgan fingerprint density at radius 1 is 1.42 bits per heavy atom. The van der Waals surface area contributed by atoms with Crippen LogP contribution in [0.25, 0.3) is 11.2 Å². The first kappa shape index (κ1) is 12.1. The van der Waals surface area contributed by atoms with Crippen LogP contribution in [0.3, 0.4) is 0 Å². The van der Waals surface area contributed by atoms with Crippen LogP contribution in [-0.2, 0) is 4.74 Å². The molecule has 0 bridgehead atoms. The van der Waals surface area contributed by atoms with Gasteiger partial charge in [0, 0.05) is 6.42 Å². The Balaban J connectivity index is 2.06. The molecule has 102 valence electrons. The predicted molar refractivity (Wildman–Crippen MR) is 65.8 cm³/mol. The smallest absolute Gasteiger partial charge is 0.204 e. The first-order chi connectivity index (χ1) is 9.11. The van der Waals surface area contributed by atoms with Gasteiger partial charge in [-0.05, 0) is 0 Å². The Bertz CT molecular complexity index is 615. The Morgan fingerprint density at radius 2 is 2.21 bits per heavy atom.